The number of carbonyl (C=O) groups is 1. The summed E-state index contributed by atoms with van der Waals surface area (Å²) in [5.41, 5.74) is 6.20. The van der Waals surface area contributed by atoms with Crippen LogP contribution in [0.4, 0.5) is 0 Å². The van der Waals surface area contributed by atoms with Gasteiger partial charge in [-0.2, -0.15) is 16.8 Å². The second-order valence-corrected chi connectivity index (χ2v) is 13.5. The summed E-state index contributed by atoms with van der Waals surface area (Å²) < 4.78 is 82.0. The van der Waals surface area contributed by atoms with E-state index >= 15 is 0 Å². The van der Waals surface area contributed by atoms with Gasteiger partial charge < -0.3 is 15.4 Å². The van der Waals surface area contributed by atoms with Crippen molar-refractivity contribution in [3.05, 3.63) is 52.5 Å². The maximum atomic E-state index is 12.3. The molecule has 18 heteroatoms. The van der Waals surface area contributed by atoms with E-state index in [4.69, 9.17) is 36.6 Å². The molecule has 2 aromatic rings. The van der Waals surface area contributed by atoms with Crippen LogP contribution >= 0.6 is 11.6 Å². The number of hydrogen-bond acceptors (Lipinski definition) is 10. The van der Waals surface area contributed by atoms with Crippen molar-refractivity contribution in [3.63, 3.8) is 0 Å². The van der Waals surface area contributed by atoms with Crippen LogP contribution in [-0.4, -0.2) is 90.5 Å². The average Bonchev–Trinajstić information content (AvgIpc) is 2.70. The molecule has 0 atom stereocenters. The lowest BCUT2D eigenvalue weighted by Crippen LogP contribution is -2.35. The molecule has 0 fully saturated rings. The van der Waals surface area contributed by atoms with Crippen LogP contribution in [0.1, 0.15) is 15.9 Å². The number of amides is 1. The first-order chi connectivity index (χ1) is 17.5. The summed E-state index contributed by atoms with van der Waals surface area (Å²) in [5, 5.41) is 9.16. The van der Waals surface area contributed by atoms with Crippen LogP contribution in [0.3, 0.4) is 0 Å². The first kappa shape index (κ1) is 36.2. The minimum absolute atomic E-state index is 0.0571. The number of sulfone groups is 1. The van der Waals surface area contributed by atoms with Crippen LogP contribution in [0.15, 0.2) is 41.3 Å². The quantitative estimate of drug-likeness (QED) is 0.165. The summed E-state index contributed by atoms with van der Waals surface area (Å²) >= 11 is 6.23. The van der Waals surface area contributed by atoms with Crippen LogP contribution in [0.5, 0.6) is 11.5 Å². The summed E-state index contributed by atoms with van der Waals surface area (Å²) in [7, 11) is -7.11. The van der Waals surface area contributed by atoms with Crippen LogP contribution in [0, 0.1) is 5.41 Å². The van der Waals surface area contributed by atoms with E-state index in [1.807, 2.05) is 26.2 Å². The molecule has 0 saturated heterocycles. The van der Waals surface area contributed by atoms with Gasteiger partial charge in [-0.05, 0) is 50.3 Å². The van der Waals surface area contributed by atoms with Gasteiger partial charge in [-0.15, -0.1) is 0 Å². The van der Waals surface area contributed by atoms with E-state index in [2.05, 4.69) is 10.2 Å². The number of nitrogens with zero attached hydrogens (tertiary/aromatic N) is 1. The first-order valence-electron chi connectivity index (χ1n) is 10.4. The highest BCUT2D eigenvalue weighted by atomic mass is 35.5. The zero-order valence-corrected chi connectivity index (χ0v) is 24.9. The first-order valence-corrected chi connectivity index (χ1v) is 16.4. The fourth-order valence-corrected chi connectivity index (χ4v) is 3.61. The van der Waals surface area contributed by atoms with Gasteiger partial charge in [0.15, 0.2) is 21.5 Å². The van der Waals surface area contributed by atoms with Gasteiger partial charge in [0, 0.05) is 18.4 Å². The number of carbonyl (C=O) groups excluding carboxylic acids is 1. The zero-order chi connectivity index (χ0) is 30.8. The molecule has 0 aromatic heterocycles. The molecular weight excluding hydrogens is 600 g/mol. The Morgan fingerprint density at radius 2 is 1.46 bits per heavy atom. The number of nitrogens with one attached hydrogen (secondary N) is 2. The molecule has 0 spiro atoms. The van der Waals surface area contributed by atoms with Gasteiger partial charge in [0.25, 0.3) is 26.1 Å². The van der Waals surface area contributed by atoms with Gasteiger partial charge in [0.2, 0.25) is 0 Å². The van der Waals surface area contributed by atoms with E-state index in [0.29, 0.717) is 18.3 Å². The molecule has 220 valence electrons. The van der Waals surface area contributed by atoms with Crippen molar-refractivity contribution in [1.29, 1.82) is 5.41 Å². The van der Waals surface area contributed by atoms with Crippen molar-refractivity contribution in [1.82, 2.24) is 10.2 Å². The van der Waals surface area contributed by atoms with E-state index in [1.165, 1.54) is 6.07 Å². The highest BCUT2D eigenvalue weighted by Crippen LogP contribution is 2.37. The maximum Gasteiger partial charge on any atom is 0.261 e. The largest absolute Gasteiger partial charge is 0.454 e. The van der Waals surface area contributed by atoms with Crippen LogP contribution in [0.2, 0.25) is 5.02 Å². The summed E-state index contributed by atoms with van der Waals surface area (Å²) in [5.74, 6) is -0.983. The Hall–Kier alpha value is -2.80. The summed E-state index contributed by atoms with van der Waals surface area (Å²) in [6, 6.07) is 9.63. The van der Waals surface area contributed by atoms with Gasteiger partial charge in [-0.1, -0.05) is 23.7 Å². The van der Waals surface area contributed by atoms with E-state index in [1.54, 1.807) is 12.1 Å². The van der Waals surface area contributed by atoms with Gasteiger partial charge >= 0.3 is 0 Å². The molecule has 2 rings (SSSR count). The standard InChI is InChI=1S/C19H23ClN4O4S.2CH4O3S/c1-24(2)9-8-12-4-6-14(7-5-12)28-17-15(20)10-13(18(25)23-19(21)22)11-16(17)29(3,26)27;2*1-5(2,3)4/h4-7,10-11H,8-9H2,1-3H3,(H4,21,22,23,25);2*1H3,(H,2,3,4). The fourth-order valence-electron chi connectivity index (χ4n) is 2.46. The summed E-state index contributed by atoms with van der Waals surface area (Å²) in [6.45, 7) is 0.897. The molecule has 0 radical (unpaired) electrons. The van der Waals surface area contributed by atoms with E-state index < -0.39 is 41.9 Å². The van der Waals surface area contributed by atoms with Crippen molar-refractivity contribution < 1.29 is 43.9 Å². The average molecular weight is 631 g/mol. The highest BCUT2D eigenvalue weighted by molar-refractivity contribution is 7.90. The molecule has 0 aliphatic rings. The Labute approximate surface area is 233 Å². The third-order valence-electron chi connectivity index (χ3n) is 3.91. The Kier molecular flexibility index (Phi) is 14.0. The third kappa shape index (κ3) is 18.2. The summed E-state index contributed by atoms with van der Waals surface area (Å²) in [6.07, 6.45) is 3.28. The minimum atomic E-state index is -3.77. The number of benzene rings is 2. The SMILES string of the molecule is CN(C)CCc1ccc(Oc2c(Cl)cc(C(=O)NC(=N)N)cc2S(C)(=O)=O)cc1.CS(=O)(=O)O.CS(=O)(=O)O. The van der Waals surface area contributed by atoms with Crippen molar-refractivity contribution in [2.75, 3.05) is 39.4 Å². The fraction of sp³-hybridized carbons (Fsp3) is 0.333. The number of rotatable bonds is 7. The normalized spacial score (nSPS) is 11.4. The Bertz CT molecular complexity index is 1430. The molecule has 0 unspecified atom stereocenters. The lowest BCUT2D eigenvalue weighted by molar-refractivity contribution is 0.0976. The van der Waals surface area contributed by atoms with Gasteiger partial charge in [0.05, 0.1) is 17.5 Å². The molecule has 0 bridgehead atoms. The van der Waals surface area contributed by atoms with Gasteiger partial charge in [-0.25, -0.2) is 8.42 Å². The molecule has 0 heterocycles. The number of guanidine groups is 1. The number of halogens is 1. The minimum Gasteiger partial charge on any atom is -0.454 e. The second kappa shape index (κ2) is 15.1. The predicted molar refractivity (Wildman–Crippen MR) is 148 cm³/mol. The van der Waals surface area contributed by atoms with Crippen molar-refractivity contribution in [3.8, 4) is 11.5 Å². The molecule has 0 aliphatic heterocycles. The molecule has 14 nitrogen and oxygen atoms in total. The van der Waals surface area contributed by atoms with Crippen LogP contribution in [-0.2, 0) is 36.5 Å². The van der Waals surface area contributed by atoms with E-state index in [-0.39, 0.29) is 21.2 Å². The monoisotopic (exact) mass is 630 g/mol. The second-order valence-electron chi connectivity index (χ2n) is 8.19. The molecule has 0 aliphatic carbocycles. The molecule has 6 N–H and O–H groups in total. The molecular formula is C21H31ClN4O10S3. The number of ether oxygens (including phenoxy) is 1. The van der Waals surface area contributed by atoms with Crippen molar-refractivity contribution >= 4 is 53.5 Å². The lowest BCUT2D eigenvalue weighted by atomic mass is 10.1. The van der Waals surface area contributed by atoms with Gasteiger partial charge in [-0.3, -0.25) is 24.6 Å². The summed E-state index contributed by atoms with van der Waals surface area (Å²) in [4.78, 5) is 13.9. The van der Waals surface area contributed by atoms with Crippen LogP contribution in [0.25, 0.3) is 0 Å². The predicted octanol–water partition coefficient (Wildman–Crippen LogP) is 1.27. The molecule has 1 amide bonds. The number of nitrogens with two attached hydrogens (primary N) is 1. The maximum absolute atomic E-state index is 12.3. The topological polar surface area (TPSA) is 234 Å². The van der Waals surface area contributed by atoms with E-state index in [0.717, 1.165) is 30.9 Å². The number of hydrogen-bond donors (Lipinski definition) is 5. The third-order valence-corrected chi connectivity index (χ3v) is 5.29. The Morgan fingerprint density at radius 1 is 1.00 bits per heavy atom. The highest BCUT2D eigenvalue weighted by Gasteiger charge is 2.22. The smallest absolute Gasteiger partial charge is 0.261 e. The Balaban J connectivity index is 0.00000123. The van der Waals surface area contributed by atoms with Gasteiger partial charge in [0.1, 0.15) is 10.6 Å². The lowest BCUT2D eigenvalue weighted by Gasteiger charge is -2.14. The zero-order valence-electron chi connectivity index (χ0n) is 21.7. The molecule has 39 heavy (non-hydrogen) atoms. The van der Waals surface area contributed by atoms with Crippen molar-refractivity contribution in [2.45, 2.75) is 11.3 Å². The molecule has 2 aromatic carbocycles. The Morgan fingerprint density at radius 3 is 1.85 bits per heavy atom. The molecule has 0 saturated carbocycles. The van der Waals surface area contributed by atoms with Crippen molar-refractivity contribution in [2.24, 2.45) is 5.73 Å². The van der Waals surface area contributed by atoms with E-state index in [9.17, 15) is 30.0 Å². The number of likely N-dealkylation sites (N-methyl/N-ethyl adjacent to an activating group) is 1. The van der Waals surface area contributed by atoms with Crippen LogP contribution < -0.4 is 15.8 Å².